The van der Waals surface area contributed by atoms with Gasteiger partial charge in [-0.25, -0.2) is 9.59 Å². The monoisotopic (exact) mass is 490 g/mol. The first-order valence-corrected chi connectivity index (χ1v) is 12.0. The lowest BCUT2D eigenvalue weighted by molar-refractivity contribution is 0.0599. The van der Waals surface area contributed by atoms with Gasteiger partial charge in [-0.15, -0.1) is 0 Å². The molecule has 4 rings (SSSR count). The fraction of sp³-hybridized carbons (Fsp3) is 0.0769. The van der Waals surface area contributed by atoms with Gasteiger partial charge in [0, 0.05) is 17.4 Å². The van der Waals surface area contributed by atoms with Crippen molar-refractivity contribution < 1.29 is 26.9 Å². The van der Waals surface area contributed by atoms with E-state index >= 15 is 0 Å². The van der Waals surface area contributed by atoms with Gasteiger partial charge in [0.05, 0.1) is 7.11 Å². The van der Waals surface area contributed by atoms with E-state index in [0.717, 1.165) is 10.8 Å². The van der Waals surface area contributed by atoms with Gasteiger partial charge in [-0.1, -0.05) is 48.5 Å². The number of carbonyl (C=O) groups is 2. The Kier molecular flexibility index (Phi) is 6.70. The lowest BCUT2D eigenvalue weighted by Crippen LogP contribution is -2.20. The van der Waals surface area contributed by atoms with Gasteiger partial charge >= 0.3 is 22.1 Å². The van der Waals surface area contributed by atoms with E-state index in [9.17, 15) is 18.0 Å². The van der Waals surface area contributed by atoms with E-state index in [1.807, 2.05) is 36.4 Å². The number of anilines is 2. The summed E-state index contributed by atoms with van der Waals surface area (Å²) in [6.07, 6.45) is 0. The molecule has 0 saturated heterocycles. The maximum atomic E-state index is 12.9. The number of nitrogens with one attached hydrogen (secondary N) is 2. The van der Waals surface area contributed by atoms with Gasteiger partial charge in [-0.2, -0.15) is 8.42 Å². The average molecular weight is 491 g/mol. The fourth-order valence-corrected chi connectivity index (χ4v) is 4.68. The summed E-state index contributed by atoms with van der Waals surface area (Å²) in [6.45, 7) is 1.63. The van der Waals surface area contributed by atoms with E-state index in [4.69, 9.17) is 8.92 Å². The highest BCUT2D eigenvalue weighted by Crippen LogP contribution is 2.29. The Labute approximate surface area is 202 Å². The third-order valence-corrected chi connectivity index (χ3v) is 6.61. The lowest BCUT2D eigenvalue weighted by atomic mass is 10.1. The Morgan fingerprint density at radius 2 is 1.40 bits per heavy atom. The lowest BCUT2D eigenvalue weighted by Gasteiger charge is -2.14. The van der Waals surface area contributed by atoms with Crippen LogP contribution in [-0.4, -0.2) is 27.5 Å². The molecular formula is C26H22N2O6S. The Morgan fingerprint density at radius 1 is 0.771 bits per heavy atom. The van der Waals surface area contributed by atoms with E-state index in [1.54, 1.807) is 31.2 Å². The van der Waals surface area contributed by atoms with Crippen LogP contribution in [0.15, 0.2) is 89.8 Å². The molecule has 0 fully saturated rings. The first-order chi connectivity index (χ1) is 16.8. The van der Waals surface area contributed by atoms with Crippen molar-refractivity contribution in [3.63, 3.8) is 0 Å². The highest BCUT2D eigenvalue weighted by atomic mass is 32.2. The van der Waals surface area contributed by atoms with Gasteiger partial charge in [0.1, 0.15) is 10.5 Å². The molecule has 0 spiro atoms. The van der Waals surface area contributed by atoms with Crippen molar-refractivity contribution in [3.05, 3.63) is 96.1 Å². The van der Waals surface area contributed by atoms with Gasteiger partial charge in [-0.05, 0) is 53.6 Å². The van der Waals surface area contributed by atoms with Crippen molar-refractivity contribution in [2.45, 2.75) is 11.8 Å². The number of rotatable bonds is 6. The second-order valence-corrected chi connectivity index (χ2v) is 9.16. The SMILES string of the molecule is COC(=O)c1ccc(NC(=O)Nc2ccc3ccccc3c2)cc1OS(=O)(=O)c1ccccc1C. The number of ether oxygens (including phenoxy) is 1. The number of esters is 1. The molecule has 178 valence electrons. The van der Waals surface area contributed by atoms with Gasteiger partial charge < -0.3 is 19.6 Å². The molecule has 0 aromatic heterocycles. The Bertz CT molecular complexity index is 1530. The van der Waals surface area contributed by atoms with Crippen LogP contribution in [0.2, 0.25) is 0 Å². The molecule has 0 radical (unpaired) electrons. The summed E-state index contributed by atoms with van der Waals surface area (Å²) in [5, 5.41) is 7.35. The quantitative estimate of drug-likeness (QED) is 0.279. The number of benzene rings is 4. The predicted octanol–water partition coefficient (Wildman–Crippen LogP) is 5.35. The molecule has 4 aromatic carbocycles. The minimum Gasteiger partial charge on any atom is -0.465 e. The molecular weight excluding hydrogens is 468 g/mol. The summed E-state index contributed by atoms with van der Waals surface area (Å²) < 4.78 is 35.8. The summed E-state index contributed by atoms with van der Waals surface area (Å²) in [4.78, 5) is 24.8. The zero-order valence-electron chi connectivity index (χ0n) is 18.9. The Morgan fingerprint density at radius 3 is 2.11 bits per heavy atom. The number of urea groups is 1. The smallest absolute Gasteiger partial charge is 0.341 e. The van der Waals surface area contributed by atoms with Crippen LogP contribution in [-0.2, 0) is 14.9 Å². The molecule has 0 aliphatic heterocycles. The maximum absolute atomic E-state index is 12.9. The van der Waals surface area contributed by atoms with Crippen molar-refractivity contribution in [1.82, 2.24) is 0 Å². The molecule has 2 N–H and O–H groups in total. The molecule has 0 saturated carbocycles. The molecule has 0 atom stereocenters. The summed E-state index contributed by atoms with van der Waals surface area (Å²) in [5.74, 6) is -1.06. The van der Waals surface area contributed by atoms with E-state index < -0.39 is 22.1 Å². The summed E-state index contributed by atoms with van der Waals surface area (Å²) >= 11 is 0. The van der Waals surface area contributed by atoms with Crippen LogP contribution in [0.25, 0.3) is 10.8 Å². The number of hydrogen-bond donors (Lipinski definition) is 2. The van der Waals surface area contributed by atoms with Crippen molar-refractivity contribution in [1.29, 1.82) is 0 Å². The van der Waals surface area contributed by atoms with Crippen molar-refractivity contribution >= 4 is 44.3 Å². The van der Waals surface area contributed by atoms with E-state index in [0.29, 0.717) is 11.3 Å². The fourth-order valence-electron chi connectivity index (χ4n) is 3.51. The number of amides is 2. The predicted molar refractivity (Wildman–Crippen MR) is 133 cm³/mol. The first kappa shape index (κ1) is 23.8. The van der Waals surface area contributed by atoms with Crippen LogP contribution in [0.3, 0.4) is 0 Å². The first-order valence-electron chi connectivity index (χ1n) is 10.6. The summed E-state index contributed by atoms with van der Waals surface area (Å²) in [5.41, 5.74) is 1.17. The second kappa shape index (κ2) is 9.86. The number of methoxy groups -OCH3 is 1. The van der Waals surface area contributed by atoms with Crippen LogP contribution in [0.5, 0.6) is 5.75 Å². The van der Waals surface area contributed by atoms with Crippen LogP contribution in [0, 0.1) is 6.92 Å². The van der Waals surface area contributed by atoms with Crippen molar-refractivity contribution in [3.8, 4) is 5.75 Å². The number of fused-ring (bicyclic) bond motifs is 1. The minimum atomic E-state index is -4.26. The zero-order valence-corrected chi connectivity index (χ0v) is 19.8. The Balaban J connectivity index is 1.58. The van der Waals surface area contributed by atoms with Crippen LogP contribution in [0.1, 0.15) is 15.9 Å². The second-order valence-electron chi connectivity index (χ2n) is 7.65. The maximum Gasteiger partial charge on any atom is 0.341 e. The summed E-state index contributed by atoms with van der Waals surface area (Å²) in [7, 11) is -3.09. The van der Waals surface area contributed by atoms with Gasteiger partial charge in [-0.3, -0.25) is 0 Å². The third kappa shape index (κ3) is 5.42. The molecule has 0 aliphatic rings. The average Bonchev–Trinajstić information content (AvgIpc) is 2.83. The number of hydrogen-bond acceptors (Lipinski definition) is 6. The molecule has 2 amide bonds. The van der Waals surface area contributed by atoms with E-state index in [1.165, 1.54) is 31.4 Å². The number of aryl methyl sites for hydroxylation is 1. The molecule has 9 heteroatoms. The topological polar surface area (TPSA) is 111 Å². The van der Waals surface area contributed by atoms with Gasteiger partial charge in [0.15, 0.2) is 5.75 Å². The van der Waals surface area contributed by atoms with Crippen molar-refractivity contribution in [2.75, 3.05) is 17.7 Å². The molecule has 0 heterocycles. The van der Waals surface area contributed by atoms with Crippen LogP contribution >= 0.6 is 0 Å². The zero-order chi connectivity index (χ0) is 25.0. The van der Waals surface area contributed by atoms with Gasteiger partial charge in [0.2, 0.25) is 0 Å². The van der Waals surface area contributed by atoms with Crippen LogP contribution < -0.4 is 14.8 Å². The molecule has 0 bridgehead atoms. The van der Waals surface area contributed by atoms with E-state index in [-0.39, 0.29) is 21.9 Å². The minimum absolute atomic E-state index is 0.0387. The largest absolute Gasteiger partial charge is 0.465 e. The highest BCUT2D eigenvalue weighted by Gasteiger charge is 2.23. The molecule has 4 aromatic rings. The molecule has 0 unspecified atom stereocenters. The van der Waals surface area contributed by atoms with E-state index in [2.05, 4.69) is 10.6 Å². The standard InChI is InChI=1S/C26H22N2O6S/c1-17-7-3-6-10-24(17)35(31,32)34-23-16-21(13-14-22(23)25(29)33-2)28-26(30)27-20-12-11-18-8-4-5-9-19(18)15-20/h3-16H,1-2H3,(H2,27,28,30). The molecule has 0 aliphatic carbocycles. The Hall–Kier alpha value is -4.37. The normalized spacial score (nSPS) is 11.0. The van der Waals surface area contributed by atoms with Crippen molar-refractivity contribution in [2.24, 2.45) is 0 Å². The van der Waals surface area contributed by atoms with Gasteiger partial charge in [0.25, 0.3) is 0 Å². The molecule has 8 nitrogen and oxygen atoms in total. The molecule has 35 heavy (non-hydrogen) atoms. The van der Waals surface area contributed by atoms with Crippen LogP contribution in [0.4, 0.5) is 16.2 Å². The third-order valence-electron chi connectivity index (χ3n) is 5.21. The number of carbonyl (C=O) groups excluding carboxylic acids is 2. The summed E-state index contributed by atoms with van der Waals surface area (Å²) in [6, 6.07) is 23.0. The highest BCUT2D eigenvalue weighted by molar-refractivity contribution is 7.87.